The molecular weight excluding hydrogens is 210 g/mol. The Hall–Kier alpha value is -0.900. The summed E-state index contributed by atoms with van der Waals surface area (Å²) in [7, 11) is 1.60. The van der Waals surface area contributed by atoms with Gasteiger partial charge in [-0.05, 0) is 22.0 Å². The summed E-state index contributed by atoms with van der Waals surface area (Å²) < 4.78 is 1.89. The zero-order valence-electron chi connectivity index (χ0n) is 5.87. The van der Waals surface area contributed by atoms with Crippen molar-refractivity contribution >= 4 is 22.2 Å². The van der Waals surface area contributed by atoms with Crippen LogP contribution in [0.4, 0.5) is 0 Å². The van der Waals surface area contributed by atoms with Crippen LogP contribution in [0.2, 0.25) is 0 Å². The lowest BCUT2D eigenvalue weighted by Gasteiger charge is -1.98. The van der Waals surface area contributed by atoms with E-state index in [1.54, 1.807) is 19.3 Å². The van der Waals surface area contributed by atoms with Gasteiger partial charge in [0.2, 0.25) is 0 Å². The first kappa shape index (κ1) is 8.20. The smallest absolute Gasteiger partial charge is 0.262 e. The van der Waals surface area contributed by atoms with E-state index in [2.05, 4.69) is 15.9 Å². The first-order valence-corrected chi connectivity index (χ1v) is 3.76. The summed E-state index contributed by atoms with van der Waals surface area (Å²) in [6.45, 7) is 0. The molecule has 0 aliphatic rings. The van der Waals surface area contributed by atoms with E-state index in [-0.39, 0.29) is 11.1 Å². The molecule has 0 saturated heterocycles. The summed E-state index contributed by atoms with van der Waals surface area (Å²) in [5, 5.41) is 0. The monoisotopic (exact) mass is 215 g/mol. The molecular formula is C7H6BrNO2. The maximum Gasteiger partial charge on any atom is 0.262 e. The van der Waals surface area contributed by atoms with Gasteiger partial charge in [-0.1, -0.05) is 0 Å². The number of aldehydes is 1. The second-order valence-corrected chi connectivity index (χ2v) is 2.97. The van der Waals surface area contributed by atoms with Crippen LogP contribution in [0.15, 0.2) is 21.5 Å². The standard InChI is InChI=1S/C7H6BrNO2/c1-9-3-2-6(8)5(4-10)7(9)11/h2-4H,1H3. The molecule has 0 aliphatic heterocycles. The third-order valence-electron chi connectivity index (χ3n) is 1.37. The van der Waals surface area contributed by atoms with Crippen LogP contribution >= 0.6 is 15.9 Å². The van der Waals surface area contributed by atoms with Gasteiger partial charge in [0.15, 0.2) is 6.29 Å². The van der Waals surface area contributed by atoms with Crippen LogP contribution < -0.4 is 5.56 Å². The normalized spacial score (nSPS) is 9.64. The number of carbonyl (C=O) groups excluding carboxylic acids is 1. The minimum absolute atomic E-state index is 0.162. The summed E-state index contributed by atoms with van der Waals surface area (Å²) >= 11 is 3.10. The van der Waals surface area contributed by atoms with Crippen LogP contribution in [0.5, 0.6) is 0 Å². The lowest BCUT2D eigenvalue weighted by molar-refractivity contribution is 0.112. The molecule has 0 bridgehead atoms. The molecule has 1 rings (SSSR count). The van der Waals surface area contributed by atoms with E-state index in [4.69, 9.17) is 0 Å². The molecule has 0 aliphatic carbocycles. The number of rotatable bonds is 1. The van der Waals surface area contributed by atoms with Gasteiger partial charge >= 0.3 is 0 Å². The quantitative estimate of drug-likeness (QED) is 0.656. The maximum absolute atomic E-state index is 11.1. The highest BCUT2D eigenvalue weighted by Crippen LogP contribution is 2.08. The molecule has 0 amide bonds. The second-order valence-electron chi connectivity index (χ2n) is 2.11. The van der Waals surface area contributed by atoms with E-state index in [1.165, 1.54) is 4.57 Å². The third-order valence-corrected chi connectivity index (χ3v) is 2.06. The minimum Gasteiger partial charge on any atom is -0.318 e. The molecule has 11 heavy (non-hydrogen) atoms. The Morgan fingerprint density at radius 3 is 2.73 bits per heavy atom. The molecule has 0 aromatic carbocycles. The Kier molecular flexibility index (Phi) is 2.24. The van der Waals surface area contributed by atoms with E-state index in [0.29, 0.717) is 10.8 Å². The van der Waals surface area contributed by atoms with Crippen molar-refractivity contribution < 1.29 is 4.79 Å². The van der Waals surface area contributed by atoms with Gasteiger partial charge in [-0.15, -0.1) is 0 Å². The molecule has 0 atom stereocenters. The molecule has 1 heterocycles. The Balaban J connectivity index is 3.54. The highest BCUT2D eigenvalue weighted by Gasteiger charge is 2.03. The molecule has 1 aromatic rings. The van der Waals surface area contributed by atoms with Gasteiger partial charge in [0, 0.05) is 17.7 Å². The number of halogens is 1. The number of nitrogens with zero attached hydrogens (tertiary/aromatic N) is 1. The number of hydrogen-bond donors (Lipinski definition) is 0. The van der Waals surface area contributed by atoms with Gasteiger partial charge in [-0.2, -0.15) is 0 Å². The van der Waals surface area contributed by atoms with Crippen molar-refractivity contribution in [2.75, 3.05) is 0 Å². The average molecular weight is 216 g/mol. The van der Waals surface area contributed by atoms with Crippen LogP contribution in [-0.2, 0) is 7.05 Å². The van der Waals surface area contributed by atoms with Gasteiger partial charge in [0.1, 0.15) is 0 Å². The fraction of sp³-hybridized carbons (Fsp3) is 0.143. The van der Waals surface area contributed by atoms with Gasteiger partial charge in [0.05, 0.1) is 5.56 Å². The Bertz CT molecular complexity index is 343. The summed E-state index contributed by atoms with van der Waals surface area (Å²) in [5.74, 6) is 0. The second kappa shape index (κ2) is 3.00. The van der Waals surface area contributed by atoms with Gasteiger partial charge in [-0.3, -0.25) is 9.59 Å². The van der Waals surface area contributed by atoms with Crippen molar-refractivity contribution in [3.8, 4) is 0 Å². The molecule has 0 N–H and O–H groups in total. The zero-order valence-corrected chi connectivity index (χ0v) is 7.46. The van der Waals surface area contributed by atoms with E-state index in [9.17, 15) is 9.59 Å². The lowest BCUT2D eigenvalue weighted by Crippen LogP contribution is -2.20. The Morgan fingerprint density at radius 2 is 2.27 bits per heavy atom. The molecule has 4 heteroatoms. The Morgan fingerprint density at radius 1 is 1.64 bits per heavy atom. The van der Waals surface area contributed by atoms with Crippen molar-refractivity contribution in [1.82, 2.24) is 4.57 Å². The van der Waals surface area contributed by atoms with Crippen LogP contribution in [-0.4, -0.2) is 10.9 Å². The number of aromatic nitrogens is 1. The van der Waals surface area contributed by atoms with Crippen LogP contribution in [0, 0.1) is 0 Å². The fourth-order valence-corrected chi connectivity index (χ4v) is 1.11. The lowest BCUT2D eigenvalue weighted by atomic mass is 10.3. The largest absolute Gasteiger partial charge is 0.318 e. The first-order chi connectivity index (χ1) is 5.16. The van der Waals surface area contributed by atoms with Crippen molar-refractivity contribution in [1.29, 1.82) is 0 Å². The molecule has 1 aromatic heterocycles. The van der Waals surface area contributed by atoms with Gasteiger partial charge in [-0.25, -0.2) is 0 Å². The molecule has 3 nitrogen and oxygen atoms in total. The first-order valence-electron chi connectivity index (χ1n) is 2.97. The number of aryl methyl sites for hydroxylation is 1. The Labute approximate surface area is 71.8 Å². The molecule has 58 valence electrons. The third kappa shape index (κ3) is 1.40. The summed E-state index contributed by atoms with van der Waals surface area (Å²) in [4.78, 5) is 21.5. The predicted octanol–water partition coefficient (Wildman–Crippen LogP) is 0.960. The topological polar surface area (TPSA) is 39.1 Å². The minimum atomic E-state index is -0.283. The summed E-state index contributed by atoms with van der Waals surface area (Å²) in [6.07, 6.45) is 2.14. The van der Waals surface area contributed by atoms with E-state index in [1.807, 2.05) is 0 Å². The highest BCUT2D eigenvalue weighted by molar-refractivity contribution is 9.10. The maximum atomic E-state index is 11.1. The van der Waals surface area contributed by atoms with Crippen LogP contribution in [0.25, 0.3) is 0 Å². The SMILES string of the molecule is Cn1ccc(Br)c(C=O)c1=O. The summed E-state index contributed by atoms with van der Waals surface area (Å²) in [6, 6.07) is 1.66. The number of pyridine rings is 1. The van der Waals surface area contributed by atoms with Gasteiger partial charge < -0.3 is 4.57 Å². The molecule has 0 radical (unpaired) electrons. The highest BCUT2D eigenvalue weighted by atomic mass is 79.9. The van der Waals surface area contributed by atoms with E-state index in [0.717, 1.165) is 0 Å². The number of carbonyl (C=O) groups is 1. The van der Waals surface area contributed by atoms with E-state index >= 15 is 0 Å². The van der Waals surface area contributed by atoms with Crippen molar-refractivity contribution in [2.24, 2.45) is 7.05 Å². The van der Waals surface area contributed by atoms with Crippen molar-refractivity contribution in [2.45, 2.75) is 0 Å². The predicted molar refractivity (Wildman–Crippen MR) is 44.8 cm³/mol. The van der Waals surface area contributed by atoms with Crippen molar-refractivity contribution in [3.05, 3.63) is 32.7 Å². The van der Waals surface area contributed by atoms with E-state index < -0.39 is 0 Å². The molecule has 0 unspecified atom stereocenters. The van der Waals surface area contributed by atoms with Crippen LogP contribution in [0.3, 0.4) is 0 Å². The van der Waals surface area contributed by atoms with Gasteiger partial charge in [0.25, 0.3) is 5.56 Å². The number of hydrogen-bond acceptors (Lipinski definition) is 2. The molecule has 0 fully saturated rings. The fourth-order valence-electron chi connectivity index (χ4n) is 0.734. The summed E-state index contributed by atoms with van der Waals surface area (Å²) in [5.41, 5.74) is -0.121. The van der Waals surface area contributed by atoms with Crippen molar-refractivity contribution in [3.63, 3.8) is 0 Å². The molecule has 0 spiro atoms. The zero-order chi connectivity index (χ0) is 8.43. The average Bonchev–Trinajstić information content (AvgIpc) is 1.99. The molecule has 0 saturated carbocycles. The van der Waals surface area contributed by atoms with Crippen LogP contribution in [0.1, 0.15) is 10.4 Å².